The largest absolute Gasteiger partial charge is 0.478 e. The molecule has 92 valence electrons. The zero-order valence-electron chi connectivity index (χ0n) is 9.02. The molecule has 0 amide bonds. The summed E-state index contributed by atoms with van der Waals surface area (Å²) in [5.41, 5.74) is 0.695. The van der Waals surface area contributed by atoms with Gasteiger partial charge in [0.2, 0.25) is 0 Å². The van der Waals surface area contributed by atoms with Gasteiger partial charge in [-0.05, 0) is 46.9 Å². The Morgan fingerprint density at radius 2 is 2.11 bits per heavy atom. The molecule has 0 aliphatic carbocycles. The van der Waals surface area contributed by atoms with Gasteiger partial charge in [0, 0.05) is 6.20 Å². The van der Waals surface area contributed by atoms with Crippen LogP contribution >= 0.6 is 22.6 Å². The molecule has 1 aromatic heterocycles. The van der Waals surface area contributed by atoms with Gasteiger partial charge in [0.25, 0.3) is 0 Å². The summed E-state index contributed by atoms with van der Waals surface area (Å²) in [4.78, 5) is 14.6. The van der Waals surface area contributed by atoms with E-state index in [1.54, 1.807) is 12.1 Å². The number of hydrogen-bond acceptors (Lipinski definition) is 3. The molecule has 0 saturated carbocycles. The Morgan fingerprint density at radius 1 is 1.33 bits per heavy atom. The van der Waals surface area contributed by atoms with E-state index in [9.17, 15) is 9.18 Å². The summed E-state index contributed by atoms with van der Waals surface area (Å²) in [5.74, 6) is -0.888. The Hall–Kier alpha value is -1.70. The van der Waals surface area contributed by atoms with Crippen LogP contribution in [0.1, 0.15) is 10.4 Å². The maximum absolute atomic E-state index is 13.3. The van der Waals surface area contributed by atoms with E-state index in [-0.39, 0.29) is 11.4 Å². The van der Waals surface area contributed by atoms with Gasteiger partial charge in [-0.2, -0.15) is 0 Å². The van der Waals surface area contributed by atoms with Gasteiger partial charge in [-0.1, -0.05) is 6.07 Å². The summed E-state index contributed by atoms with van der Waals surface area (Å²) in [7, 11) is 0. The monoisotopic (exact) mass is 358 g/mol. The number of hydrogen-bond donors (Lipinski definition) is 2. The zero-order valence-corrected chi connectivity index (χ0v) is 11.2. The van der Waals surface area contributed by atoms with E-state index in [2.05, 4.69) is 10.3 Å². The minimum absolute atomic E-state index is 0.106. The fourth-order valence-electron chi connectivity index (χ4n) is 1.33. The number of rotatable bonds is 3. The molecule has 0 unspecified atom stereocenters. The fourth-order valence-corrected chi connectivity index (χ4v) is 1.83. The van der Waals surface area contributed by atoms with Crippen LogP contribution < -0.4 is 5.32 Å². The molecule has 1 aromatic carbocycles. The first-order chi connectivity index (χ1) is 8.58. The van der Waals surface area contributed by atoms with Gasteiger partial charge in [-0.25, -0.2) is 14.2 Å². The number of aromatic carboxylic acids is 1. The third kappa shape index (κ3) is 2.76. The minimum atomic E-state index is -1.03. The van der Waals surface area contributed by atoms with E-state index in [1.165, 1.54) is 24.4 Å². The molecule has 0 atom stereocenters. The lowest BCUT2D eigenvalue weighted by molar-refractivity contribution is 0.0696. The molecule has 0 radical (unpaired) electrons. The maximum Gasteiger partial charge on any atom is 0.337 e. The maximum atomic E-state index is 13.3. The lowest BCUT2D eigenvalue weighted by Gasteiger charge is -2.08. The molecule has 0 spiro atoms. The molecule has 4 nitrogen and oxygen atoms in total. The second kappa shape index (κ2) is 5.30. The van der Waals surface area contributed by atoms with Gasteiger partial charge in [0.1, 0.15) is 11.6 Å². The van der Waals surface area contributed by atoms with Crippen molar-refractivity contribution in [2.24, 2.45) is 0 Å². The Balaban J connectivity index is 2.24. The molecular weight excluding hydrogens is 350 g/mol. The number of nitrogens with zero attached hydrogens (tertiary/aromatic N) is 1. The highest BCUT2D eigenvalue weighted by atomic mass is 127. The number of carbonyl (C=O) groups is 1. The van der Waals surface area contributed by atoms with Crippen molar-refractivity contribution in [2.75, 3.05) is 5.32 Å². The van der Waals surface area contributed by atoms with Crippen molar-refractivity contribution >= 4 is 40.1 Å². The molecular formula is C12H8FIN2O2. The average Bonchev–Trinajstić information content (AvgIpc) is 2.36. The van der Waals surface area contributed by atoms with E-state index in [1.807, 2.05) is 22.6 Å². The van der Waals surface area contributed by atoms with Crippen molar-refractivity contribution in [2.45, 2.75) is 0 Å². The van der Waals surface area contributed by atoms with Crippen molar-refractivity contribution in [1.29, 1.82) is 0 Å². The average molecular weight is 358 g/mol. The number of aromatic nitrogens is 1. The number of nitrogens with one attached hydrogen (secondary N) is 1. The Bertz CT molecular complexity index is 587. The molecule has 0 fully saturated rings. The molecule has 2 rings (SSSR count). The summed E-state index contributed by atoms with van der Waals surface area (Å²) in [5, 5.41) is 11.7. The van der Waals surface area contributed by atoms with E-state index in [4.69, 9.17) is 5.11 Å². The van der Waals surface area contributed by atoms with E-state index in [0.29, 0.717) is 15.1 Å². The summed E-state index contributed by atoms with van der Waals surface area (Å²) in [6.07, 6.45) is 1.25. The van der Waals surface area contributed by atoms with Gasteiger partial charge in [-0.3, -0.25) is 0 Å². The van der Waals surface area contributed by atoms with Crippen LogP contribution in [0, 0.1) is 9.39 Å². The van der Waals surface area contributed by atoms with Crippen LogP contribution in [0.2, 0.25) is 0 Å². The van der Waals surface area contributed by atoms with Crippen LogP contribution in [0.15, 0.2) is 36.5 Å². The van der Waals surface area contributed by atoms with Crippen molar-refractivity contribution in [1.82, 2.24) is 4.98 Å². The van der Waals surface area contributed by atoms with E-state index < -0.39 is 5.97 Å². The van der Waals surface area contributed by atoms with E-state index in [0.717, 1.165) is 0 Å². The van der Waals surface area contributed by atoms with Crippen molar-refractivity contribution in [3.8, 4) is 0 Å². The van der Waals surface area contributed by atoms with Gasteiger partial charge in [0.15, 0.2) is 0 Å². The van der Waals surface area contributed by atoms with Crippen LogP contribution in [0.25, 0.3) is 0 Å². The molecule has 2 aromatic rings. The van der Waals surface area contributed by atoms with Crippen molar-refractivity contribution in [3.05, 3.63) is 51.5 Å². The predicted molar refractivity (Wildman–Crippen MR) is 73.6 cm³/mol. The van der Waals surface area contributed by atoms with Gasteiger partial charge < -0.3 is 10.4 Å². The lowest BCUT2D eigenvalue weighted by Crippen LogP contribution is -2.00. The zero-order chi connectivity index (χ0) is 13.1. The van der Waals surface area contributed by atoms with Gasteiger partial charge in [0.05, 0.1) is 14.8 Å². The Labute approximate surface area is 116 Å². The third-order valence-corrected chi connectivity index (χ3v) is 3.32. The molecule has 0 aliphatic heterocycles. The molecule has 0 saturated heterocycles. The van der Waals surface area contributed by atoms with Gasteiger partial charge in [-0.15, -0.1) is 0 Å². The highest BCUT2D eigenvalue weighted by Gasteiger charge is 2.07. The molecule has 0 aliphatic rings. The van der Waals surface area contributed by atoms with Crippen molar-refractivity contribution < 1.29 is 14.3 Å². The molecule has 1 heterocycles. The third-order valence-electron chi connectivity index (χ3n) is 2.22. The quantitative estimate of drug-likeness (QED) is 0.827. The highest BCUT2D eigenvalue weighted by Crippen LogP contribution is 2.23. The standard InChI is InChI=1S/C12H8FIN2O2/c13-8-2-1-3-9(11(8)14)16-10-5-4-7(6-15-10)12(17)18/h1-6H,(H,15,16)(H,17,18). The van der Waals surface area contributed by atoms with Crippen LogP contribution in [-0.2, 0) is 0 Å². The number of carboxylic acid groups (broad SMARTS) is 1. The first-order valence-electron chi connectivity index (χ1n) is 4.98. The first kappa shape index (κ1) is 12.7. The number of benzene rings is 1. The predicted octanol–water partition coefficient (Wildman–Crippen LogP) is 3.27. The van der Waals surface area contributed by atoms with Crippen LogP contribution in [0.5, 0.6) is 0 Å². The van der Waals surface area contributed by atoms with Crippen LogP contribution in [0.4, 0.5) is 15.9 Å². The van der Waals surface area contributed by atoms with Crippen LogP contribution in [-0.4, -0.2) is 16.1 Å². The number of halogens is 2. The molecule has 2 N–H and O–H groups in total. The number of pyridine rings is 1. The number of anilines is 2. The van der Waals surface area contributed by atoms with Gasteiger partial charge >= 0.3 is 5.97 Å². The topological polar surface area (TPSA) is 62.2 Å². The highest BCUT2D eigenvalue weighted by molar-refractivity contribution is 14.1. The molecule has 0 bridgehead atoms. The molecule has 18 heavy (non-hydrogen) atoms. The Morgan fingerprint density at radius 3 is 2.72 bits per heavy atom. The fraction of sp³-hybridized carbons (Fsp3) is 0. The summed E-state index contributed by atoms with van der Waals surface area (Å²) in [6.45, 7) is 0. The number of carboxylic acids is 1. The van der Waals surface area contributed by atoms with E-state index >= 15 is 0 Å². The first-order valence-corrected chi connectivity index (χ1v) is 6.06. The second-order valence-electron chi connectivity index (χ2n) is 3.46. The summed E-state index contributed by atoms with van der Waals surface area (Å²) >= 11 is 1.89. The van der Waals surface area contributed by atoms with Crippen molar-refractivity contribution in [3.63, 3.8) is 0 Å². The SMILES string of the molecule is O=C(O)c1ccc(Nc2cccc(F)c2I)nc1. The Kier molecular flexibility index (Phi) is 3.75. The minimum Gasteiger partial charge on any atom is -0.478 e. The second-order valence-corrected chi connectivity index (χ2v) is 4.54. The molecule has 6 heteroatoms. The lowest BCUT2D eigenvalue weighted by atomic mass is 10.2. The summed E-state index contributed by atoms with van der Waals surface area (Å²) < 4.78 is 13.8. The normalized spacial score (nSPS) is 10.1. The summed E-state index contributed by atoms with van der Waals surface area (Å²) in [6, 6.07) is 7.64. The smallest absolute Gasteiger partial charge is 0.337 e. The van der Waals surface area contributed by atoms with Crippen LogP contribution in [0.3, 0.4) is 0 Å².